The Balaban J connectivity index is 2.85. The van der Waals surface area contributed by atoms with Crippen LogP contribution in [-0.2, 0) is 9.53 Å². The maximum atomic E-state index is 10.8. The van der Waals surface area contributed by atoms with Crippen LogP contribution in [0.2, 0.25) is 0 Å². The maximum absolute atomic E-state index is 10.8. The summed E-state index contributed by atoms with van der Waals surface area (Å²) in [6.07, 6.45) is 2.80. The van der Waals surface area contributed by atoms with Gasteiger partial charge in [0.2, 0.25) is 0 Å². The van der Waals surface area contributed by atoms with Gasteiger partial charge >= 0.3 is 5.97 Å². The quantitative estimate of drug-likeness (QED) is 0.457. The summed E-state index contributed by atoms with van der Waals surface area (Å²) in [5, 5.41) is 9.24. The molecule has 0 aromatic heterocycles. The van der Waals surface area contributed by atoms with Gasteiger partial charge in [-0.1, -0.05) is 6.08 Å². The third-order valence-corrected chi connectivity index (χ3v) is 1.56. The molecule has 1 N–H and O–H groups in total. The SMILES string of the molecule is C/C=C\[C@@H]1OC(=O)C(C)=C1O. The lowest BCUT2D eigenvalue weighted by atomic mass is 10.2. The van der Waals surface area contributed by atoms with Crippen molar-refractivity contribution in [3.63, 3.8) is 0 Å². The molecule has 0 bridgehead atoms. The molecule has 0 aromatic rings. The zero-order valence-corrected chi connectivity index (χ0v) is 6.50. The molecule has 1 rings (SSSR count). The Hall–Kier alpha value is -1.25. The van der Waals surface area contributed by atoms with Crippen molar-refractivity contribution in [3.05, 3.63) is 23.5 Å². The van der Waals surface area contributed by atoms with Crippen molar-refractivity contribution in [2.24, 2.45) is 0 Å². The fraction of sp³-hybridized carbons (Fsp3) is 0.375. The van der Waals surface area contributed by atoms with Crippen molar-refractivity contribution >= 4 is 5.97 Å². The molecule has 1 aliphatic rings. The van der Waals surface area contributed by atoms with Crippen molar-refractivity contribution in [1.82, 2.24) is 0 Å². The first-order valence-electron chi connectivity index (χ1n) is 3.40. The molecular formula is C8H10O3. The van der Waals surface area contributed by atoms with Gasteiger partial charge in [-0.15, -0.1) is 0 Å². The summed E-state index contributed by atoms with van der Waals surface area (Å²) >= 11 is 0. The van der Waals surface area contributed by atoms with Crippen molar-refractivity contribution in [2.45, 2.75) is 20.0 Å². The smallest absolute Gasteiger partial charge is 0.338 e. The second-order valence-corrected chi connectivity index (χ2v) is 2.36. The van der Waals surface area contributed by atoms with Gasteiger partial charge in [0.05, 0.1) is 5.57 Å². The lowest BCUT2D eigenvalue weighted by molar-refractivity contribution is -0.138. The van der Waals surface area contributed by atoms with E-state index in [4.69, 9.17) is 4.74 Å². The number of aliphatic hydroxyl groups excluding tert-OH is 1. The van der Waals surface area contributed by atoms with Crippen LogP contribution >= 0.6 is 0 Å². The maximum Gasteiger partial charge on any atom is 0.338 e. The zero-order valence-electron chi connectivity index (χ0n) is 6.50. The van der Waals surface area contributed by atoms with Crippen LogP contribution in [0.5, 0.6) is 0 Å². The normalized spacial score (nSPS) is 24.9. The molecule has 60 valence electrons. The van der Waals surface area contributed by atoms with Gasteiger partial charge in [0.15, 0.2) is 6.10 Å². The number of aliphatic hydroxyl groups is 1. The van der Waals surface area contributed by atoms with Gasteiger partial charge < -0.3 is 9.84 Å². The number of ether oxygens (including phenoxy) is 1. The highest BCUT2D eigenvalue weighted by atomic mass is 16.6. The summed E-state index contributed by atoms with van der Waals surface area (Å²) in [6.45, 7) is 3.34. The zero-order chi connectivity index (χ0) is 8.43. The minimum Gasteiger partial charge on any atom is -0.507 e. The molecule has 11 heavy (non-hydrogen) atoms. The highest BCUT2D eigenvalue weighted by Crippen LogP contribution is 2.20. The highest BCUT2D eigenvalue weighted by molar-refractivity contribution is 5.91. The van der Waals surface area contributed by atoms with Crippen LogP contribution in [0.1, 0.15) is 13.8 Å². The molecule has 1 atom stereocenters. The van der Waals surface area contributed by atoms with Crippen LogP contribution < -0.4 is 0 Å². The van der Waals surface area contributed by atoms with Crippen LogP contribution in [0.3, 0.4) is 0 Å². The van der Waals surface area contributed by atoms with E-state index >= 15 is 0 Å². The Morgan fingerprint density at radius 1 is 1.64 bits per heavy atom. The molecule has 1 heterocycles. The topological polar surface area (TPSA) is 46.5 Å². The number of allylic oxidation sites excluding steroid dienone is 1. The van der Waals surface area contributed by atoms with E-state index in [1.54, 1.807) is 26.0 Å². The molecule has 0 saturated carbocycles. The third-order valence-electron chi connectivity index (χ3n) is 1.56. The lowest BCUT2D eigenvalue weighted by Gasteiger charge is -2.02. The molecule has 1 aliphatic heterocycles. The summed E-state index contributed by atoms with van der Waals surface area (Å²) in [6, 6.07) is 0. The molecule has 0 spiro atoms. The van der Waals surface area contributed by atoms with Crippen molar-refractivity contribution in [1.29, 1.82) is 0 Å². The molecule has 0 radical (unpaired) electrons. The van der Waals surface area contributed by atoms with Gasteiger partial charge in [-0.2, -0.15) is 0 Å². The molecular weight excluding hydrogens is 144 g/mol. The van der Waals surface area contributed by atoms with Gasteiger partial charge in [0.1, 0.15) is 5.76 Å². The summed E-state index contributed by atoms with van der Waals surface area (Å²) < 4.78 is 4.78. The molecule has 0 unspecified atom stereocenters. The van der Waals surface area contributed by atoms with Gasteiger partial charge in [0, 0.05) is 0 Å². The molecule has 0 fully saturated rings. The van der Waals surface area contributed by atoms with Crippen LogP contribution in [0.4, 0.5) is 0 Å². The first-order chi connectivity index (χ1) is 5.16. The summed E-state index contributed by atoms with van der Waals surface area (Å²) in [5.74, 6) is -0.418. The first-order valence-corrected chi connectivity index (χ1v) is 3.40. The Bertz CT molecular complexity index is 238. The summed E-state index contributed by atoms with van der Waals surface area (Å²) in [5.41, 5.74) is 0.299. The molecule has 0 aromatic carbocycles. The number of carbonyl (C=O) groups is 1. The largest absolute Gasteiger partial charge is 0.507 e. The summed E-state index contributed by atoms with van der Waals surface area (Å²) in [4.78, 5) is 10.8. The van der Waals surface area contributed by atoms with Gasteiger partial charge in [-0.3, -0.25) is 0 Å². The standard InChI is InChI=1S/C8H10O3/c1-3-4-6-7(9)5(2)8(10)11-6/h3-4,6,9H,1-2H3/b4-3-/t6-/m0/s1. The molecule has 0 aliphatic carbocycles. The van der Waals surface area contributed by atoms with Crippen molar-refractivity contribution < 1.29 is 14.6 Å². The van der Waals surface area contributed by atoms with Gasteiger partial charge in [-0.25, -0.2) is 4.79 Å². The van der Waals surface area contributed by atoms with E-state index in [0.29, 0.717) is 5.57 Å². The number of hydrogen-bond acceptors (Lipinski definition) is 3. The average Bonchev–Trinajstić information content (AvgIpc) is 2.19. The summed E-state index contributed by atoms with van der Waals surface area (Å²) in [7, 11) is 0. The average molecular weight is 154 g/mol. The second-order valence-electron chi connectivity index (χ2n) is 2.36. The van der Waals surface area contributed by atoms with E-state index in [1.165, 1.54) is 0 Å². The second kappa shape index (κ2) is 2.78. The number of cyclic esters (lactones) is 1. The Kier molecular flexibility index (Phi) is 1.98. The monoisotopic (exact) mass is 154 g/mol. The molecule has 3 nitrogen and oxygen atoms in total. The van der Waals surface area contributed by atoms with E-state index in [9.17, 15) is 9.90 Å². The molecule has 0 amide bonds. The van der Waals surface area contributed by atoms with E-state index in [0.717, 1.165) is 0 Å². The molecule has 0 saturated heterocycles. The first kappa shape index (κ1) is 7.85. The Morgan fingerprint density at radius 2 is 2.27 bits per heavy atom. The molecule has 3 heteroatoms. The van der Waals surface area contributed by atoms with Gasteiger partial charge in [-0.05, 0) is 19.9 Å². The van der Waals surface area contributed by atoms with Gasteiger partial charge in [0.25, 0.3) is 0 Å². The Morgan fingerprint density at radius 3 is 2.64 bits per heavy atom. The van der Waals surface area contributed by atoms with Crippen LogP contribution in [0, 0.1) is 0 Å². The number of rotatable bonds is 1. The van der Waals surface area contributed by atoms with Crippen LogP contribution in [0.15, 0.2) is 23.5 Å². The van der Waals surface area contributed by atoms with E-state index in [1.807, 2.05) is 0 Å². The van der Waals surface area contributed by atoms with E-state index in [2.05, 4.69) is 0 Å². The number of esters is 1. The van der Waals surface area contributed by atoms with Crippen molar-refractivity contribution in [2.75, 3.05) is 0 Å². The predicted octanol–water partition coefficient (Wildman–Crippen LogP) is 1.32. The Labute approximate surface area is 65.0 Å². The minimum atomic E-state index is -0.563. The van der Waals surface area contributed by atoms with E-state index < -0.39 is 12.1 Å². The van der Waals surface area contributed by atoms with Crippen LogP contribution in [0.25, 0.3) is 0 Å². The minimum absolute atomic E-state index is 0.0214. The number of carbonyl (C=O) groups excluding carboxylic acids is 1. The fourth-order valence-electron chi connectivity index (χ4n) is 0.883. The fourth-order valence-corrected chi connectivity index (χ4v) is 0.883. The third kappa shape index (κ3) is 1.27. The van der Waals surface area contributed by atoms with E-state index in [-0.39, 0.29) is 5.76 Å². The predicted molar refractivity (Wildman–Crippen MR) is 40.0 cm³/mol. The van der Waals surface area contributed by atoms with Crippen molar-refractivity contribution in [3.8, 4) is 0 Å². The van der Waals surface area contributed by atoms with Crippen LogP contribution in [-0.4, -0.2) is 17.2 Å². The number of hydrogen-bond donors (Lipinski definition) is 1. The highest BCUT2D eigenvalue weighted by Gasteiger charge is 2.28. The lowest BCUT2D eigenvalue weighted by Crippen LogP contribution is -2.07.